The van der Waals surface area contributed by atoms with Crippen molar-refractivity contribution in [3.05, 3.63) is 46.7 Å². The number of ether oxygens (including phenoxy) is 1. The Balaban J connectivity index is 0.000000454. The largest absolute Gasteiger partial charge is 0.490 e. The van der Waals surface area contributed by atoms with Crippen LogP contribution >= 0.6 is 11.6 Å². The van der Waals surface area contributed by atoms with Crippen molar-refractivity contribution in [2.45, 2.75) is 62.4 Å². The lowest BCUT2D eigenvalue weighted by Crippen LogP contribution is -2.57. The first-order valence-corrected chi connectivity index (χ1v) is 11.8. The van der Waals surface area contributed by atoms with Crippen LogP contribution in [-0.4, -0.2) is 79.6 Å². The zero-order valence-electron chi connectivity index (χ0n) is 19.6. The highest BCUT2D eigenvalue weighted by Crippen LogP contribution is 2.35. The van der Waals surface area contributed by atoms with Crippen molar-refractivity contribution in [3.8, 4) is 0 Å². The number of carboxylic acid groups (broad SMARTS) is 2. The third-order valence-electron chi connectivity index (χ3n) is 6.44. The van der Waals surface area contributed by atoms with Crippen LogP contribution in [0.15, 0.2) is 30.5 Å². The molecule has 13 heteroatoms. The number of aryl methyl sites for hydroxylation is 1. The van der Waals surface area contributed by atoms with Crippen LogP contribution in [0.3, 0.4) is 0 Å². The zero-order chi connectivity index (χ0) is 26.5. The molecule has 36 heavy (non-hydrogen) atoms. The van der Waals surface area contributed by atoms with E-state index in [1.165, 1.54) is 5.56 Å². The van der Waals surface area contributed by atoms with Crippen molar-refractivity contribution in [2.24, 2.45) is 7.05 Å². The lowest BCUT2D eigenvalue weighted by molar-refractivity contribution is -0.192. The van der Waals surface area contributed by atoms with Gasteiger partial charge in [0.25, 0.3) is 0 Å². The summed E-state index contributed by atoms with van der Waals surface area (Å²) in [5, 5.41) is 25.7. The molecule has 1 saturated carbocycles. The fourth-order valence-electron chi connectivity index (χ4n) is 4.64. The second kappa shape index (κ2) is 12.0. The highest BCUT2D eigenvalue weighted by atomic mass is 35.5. The number of carboxylic acids is 2. The standard InChI is InChI=1S/C21H27ClN4O3.C2HF3O2/c1-25-11-19(23-24-25)15-4-8-17(9-5-15)26-12-20(21(27)28)29-13-18(26)10-14-2-6-16(22)7-3-14;3-2(4,5)1(6)7/h2-3,6-7,11,15,17-18,20H,4-5,8-10,12-13H2,1H3,(H,27,28);(H,6,7)/t15?,17?,18-,20+;/m0./s1. The van der Waals surface area contributed by atoms with Crippen LogP contribution in [0.25, 0.3) is 0 Å². The number of halogens is 4. The summed E-state index contributed by atoms with van der Waals surface area (Å²) in [7, 11) is 1.89. The van der Waals surface area contributed by atoms with E-state index in [0.29, 0.717) is 25.1 Å². The number of benzene rings is 1. The van der Waals surface area contributed by atoms with Gasteiger partial charge < -0.3 is 14.9 Å². The van der Waals surface area contributed by atoms with E-state index in [1.807, 2.05) is 37.5 Å². The predicted molar refractivity (Wildman–Crippen MR) is 123 cm³/mol. The molecule has 2 atom stereocenters. The number of aromatic nitrogens is 3. The van der Waals surface area contributed by atoms with E-state index in [4.69, 9.17) is 26.2 Å². The Labute approximate surface area is 210 Å². The molecule has 2 aromatic rings. The topological polar surface area (TPSA) is 118 Å². The number of nitrogens with zero attached hydrogens (tertiary/aromatic N) is 4. The molecular formula is C23H28ClF3N4O5. The van der Waals surface area contributed by atoms with Crippen LogP contribution < -0.4 is 0 Å². The minimum atomic E-state index is -5.08. The summed E-state index contributed by atoms with van der Waals surface area (Å²) in [5.41, 5.74) is 2.25. The molecule has 1 aliphatic heterocycles. The van der Waals surface area contributed by atoms with Gasteiger partial charge in [0.15, 0.2) is 6.10 Å². The number of carbonyl (C=O) groups is 2. The van der Waals surface area contributed by atoms with Crippen LogP contribution in [0.2, 0.25) is 5.02 Å². The number of hydrogen-bond donors (Lipinski definition) is 2. The van der Waals surface area contributed by atoms with Gasteiger partial charge in [0.2, 0.25) is 0 Å². The van der Waals surface area contributed by atoms with Crippen molar-refractivity contribution in [1.82, 2.24) is 19.9 Å². The Kier molecular flexibility index (Phi) is 9.31. The van der Waals surface area contributed by atoms with E-state index < -0.39 is 24.2 Å². The van der Waals surface area contributed by atoms with E-state index >= 15 is 0 Å². The van der Waals surface area contributed by atoms with Crippen LogP contribution in [-0.2, 0) is 27.8 Å². The third-order valence-corrected chi connectivity index (χ3v) is 6.69. The van der Waals surface area contributed by atoms with Crippen molar-refractivity contribution in [2.75, 3.05) is 13.2 Å². The van der Waals surface area contributed by atoms with Gasteiger partial charge in [-0.05, 0) is 49.8 Å². The number of rotatable bonds is 5. The van der Waals surface area contributed by atoms with Crippen molar-refractivity contribution in [1.29, 1.82) is 0 Å². The Hall–Kier alpha value is -2.70. The summed E-state index contributed by atoms with van der Waals surface area (Å²) >= 11 is 6.01. The lowest BCUT2D eigenvalue weighted by atomic mass is 9.82. The molecule has 0 spiro atoms. The molecule has 0 radical (unpaired) electrons. The molecule has 2 aliphatic rings. The maximum Gasteiger partial charge on any atom is 0.490 e. The van der Waals surface area contributed by atoms with Crippen LogP contribution in [0.1, 0.15) is 42.9 Å². The monoisotopic (exact) mass is 532 g/mol. The third kappa shape index (κ3) is 7.65. The first-order valence-electron chi connectivity index (χ1n) is 11.4. The van der Waals surface area contributed by atoms with Gasteiger partial charge in [-0.25, -0.2) is 9.59 Å². The quantitative estimate of drug-likeness (QED) is 0.600. The van der Waals surface area contributed by atoms with Gasteiger partial charge in [-0.1, -0.05) is 28.9 Å². The van der Waals surface area contributed by atoms with Gasteiger partial charge in [-0.15, -0.1) is 5.10 Å². The Morgan fingerprint density at radius 2 is 1.75 bits per heavy atom. The number of aliphatic carboxylic acids is 2. The molecule has 2 fully saturated rings. The van der Waals surface area contributed by atoms with E-state index in [0.717, 1.165) is 42.8 Å². The Bertz CT molecular complexity index is 1030. The van der Waals surface area contributed by atoms with Crippen molar-refractivity contribution >= 4 is 23.5 Å². The van der Waals surface area contributed by atoms with Gasteiger partial charge in [0, 0.05) is 42.8 Å². The highest BCUT2D eigenvalue weighted by Gasteiger charge is 2.39. The smallest absolute Gasteiger partial charge is 0.479 e. The molecule has 0 amide bonds. The summed E-state index contributed by atoms with van der Waals surface area (Å²) in [6, 6.07) is 8.41. The maximum atomic E-state index is 11.5. The van der Waals surface area contributed by atoms with Gasteiger partial charge in [0.05, 0.1) is 12.3 Å². The summed E-state index contributed by atoms with van der Waals surface area (Å²) in [4.78, 5) is 22.8. The first kappa shape index (κ1) is 27.9. The maximum absolute atomic E-state index is 11.5. The SMILES string of the molecule is Cn1cc(C2CCC(N3C[C@H](C(=O)O)OC[C@@H]3Cc3ccc(Cl)cc3)CC2)nn1.O=C(O)C(F)(F)F. The molecule has 4 rings (SSSR count). The van der Waals surface area contributed by atoms with Gasteiger partial charge in [-0.2, -0.15) is 13.2 Å². The average Bonchev–Trinajstić information content (AvgIpc) is 3.27. The summed E-state index contributed by atoms with van der Waals surface area (Å²) < 4.78 is 39.2. The average molecular weight is 533 g/mol. The van der Waals surface area contributed by atoms with Crippen molar-refractivity contribution in [3.63, 3.8) is 0 Å². The molecule has 0 unspecified atom stereocenters. The van der Waals surface area contributed by atoms with Gasteiger partial charge in [-0.3, -0.25) is 9.58 Å². The molecular weight excluding hydrogens is 505 g/mol. The zero-order valence-corrected chi connectivity index (χ0v) is 20.3. The molecule has 198 valence electrons. The van der Waals surface area contributed by atoms with Crippen molar-refractivity contribution < 1.29 is 37.7 Å². The number of morpholine rings is 1. The highest BCUT2D eigenvalue weighted by molar-refractivity contribution is 6.30. The van der Waals surface area contributed by atoms with Crippen LogP contribution in [0, 0.1) is 0 Å². The summed E-state index contributed by atoms with van der Waals surface area (Å²) in [5.74, 6) is -3.20. The minimum absolute atomic E-state index is 0.171. The molecule has 1 aliphatic carbocycles. The number of alkyl halides is 3. The Morgan fingerprint density at radius 3 is 2.25 bits per heavy atom. The second-order valence-electron chi connectivity index (χ2n) is 8.97. The first-order chi connectivity index (χ1) is 16.9. The minimum Gasteiger partial charge on any atom is -0.479 e. The molecule has 9 nitrogen and oxygen atoms in total. The molecule has 1 saturated heterocycles. The van der Waals surface area contributed by atoms with Crippen LogP contribution in [0.5, 0.6) is 0 Å². The summed E-state index contributed by atoms with van der Waals surface area (Å²) in [6.45, 7) is 0.873. The molecule has 2 heterocycles. The summed E-state index contributed by atoms with van der Waals surface area (Å²) in [6.07, 6.45) is 1.15. The van der Waals surface area contributed by atoms with E-state index in [1.54, 1.807) is 4.68 Å². The fraction of sp³-hybridized carbons (Fsp3) is 0.565. The molecule has 0 bridgehead atoms. The molecule has 2 N–H and O–H groups in total. The van der Waals surface area contributed by atoms with E-state index in [2.05, 4.69) is 15.2 Å². The van der Waals surface area contributed by atoms with Gasteiger partial charge in [0.1, 0.15) is 0 Å². The lowest BCUT2D eigenvalue weighted by Gasteiger charge is -2.45. The predicted octanol–water partition coefficient (Wildman–Crippen LogP) is 3.52. The van der Waals surface area contributed by atoms with E-state index in [9.17, 15) is 23.1 Å². The normalized spacial score (nSPS) is 25.0. The van der Waals surface area contributed by atoms with Gasteiger partial charge >= 0.3 is 18.1 Å². The van der Waals surface area contributed by atoms with Crippen LogP contribution in [0.4, 0.5) is 13.2 Å². The molecule has 1 aromatic heterocycles. The molecule has 1 aromatic carbocycles. The Morgan fingerprint density at radius 1 is 1.14 bits per heavy atom. The fourth-order valence-corrected chi connectivity index (χ4v) is 4.76. The number of hydrogen-bond acceptors (Lipinski definition) is 6. The second-order valence-corrected chi connectivity index (χ2v) is 9.40. The van der Waals surface area contributed by atoms with E-state index in [-0.39, 0.29) is 6.04 Å².